The van der Waals surface area contributed by atoms with Gasteiger partial charge in [-0.15, -0.1) is 0 Å². The predicted octanol–water partition coefficient (Wildman–Crippen LogP) is -1.56. The molecule has 0 saturated heterocycles. The monoisotopic (exact) mass is 690 g/mol. The van der Waals surface area contributed by atoms with Gasteiger partial charge in [-0.3, -0.25) is 27.3 Å². The van der Waals surface area contributed by atoms with Crippen LogP contribution in [0.3, 0.4) is 0 Å². The van der Waals surface area contributed by atoms with E-state index in [4.69, 9.17) is 11.5 Å². The van der Waals surface area contributed by atoms with E-state index in [1.165, 1.54) is 0 Å². The zero-order valence-corrected chi connectivity index (χ0v) is 23.4. The van der Waals surface area contributed by atoms with Gasteiger partial charge in [0, 0.05) is 16.8 Å². The fourth-order valence-electron chi connectivity index (χ4n) is 3.32. The Morgan fingerprint density at radius 2 is 0.850 bits per heavy atom. The van der Waals surface area contributed by atoms with Crippen LogP contribution in [0.1, 0.15) is 11.1 Å². The van der Waals surface area contributed by atoms with Crippen molar-refractivity contribution in [3.63, 3.8) is 0 Å². The average Bonchev–Trinajstić information content (AvgIpc) is 2.67. The van der Waals surface area contributed by atoms with Crippen molar-refractivity contribution < 1.29 is 77.8 Å². The van der Waals surface area contributed by atoms with Crippen molar-refractivity contribution in [3.05, 3.63) is 35.4 Å². The number of nitrogens with two attached hydrogens (primary N) is 2. The second-order valence-electron chi connectivity index (χ2n) is 7.20. The molecule has 0 radical (unpaired) electrons. The van der Waals surface area contributed by atoms with Crippen LogP contribution in [0.5, 0.6) is 0 Å². The summed E-state index contributed by atoms with van der Waals surface area (Å²) < 4.78 is 205. The third kappa shape index (κ3) is 6.42. The third-order valence-corrected chi connectivity index (χ3v) is 10.6. The van der Waals surface area contributed by atoms with Crippen LogP contribution in [0.4, 0.5) is 11.4 Å². The fourth-order valence-corrected chi connectivity index (χ4v) is 10.5. The lowest BCUT2D eigenvalue weighted by molar-refractivity contribution is 0.447. The summed E-state index contributed by atoms with van der Waals surface area (Å²) in [6, 6.07) is 3.40. The average molecular weight is 691 g/mol. The normalized spacial score (nSPS) is 14.6. The Labute approximate surface area is 225 Å². The highest BCUT2D eigenvalue weighted by atomic mass is 32.2. The summed E-state index contributed by atoms with van der Waals surface area (Å²) in [5, 5.41) is 0. The minimum absolute atomic E-state index is 0.590. The van der Waals surface area contributed by atoms with E-state index in [1.807, 2.05) is 0 Å². The second-order valence-corrected chi connectivity index (χ2v) is 15.4. The quantitative estimate of drug-likeness (QED) is 0.0881. The van der Waals surface area contributed by atoms with Crippen molar-refractivity contribution in [2.75, 3.05) is 11.5 Å². The number of para-hydroxylation sites is 1. The first kappa shape index (κ1) is 33.4. The fraction of sp³-hybridized carbons (Fsp3) is 0. The molecule has 224 valence electrons. The van der Waals surface area contributed by atoms with E-state index in [-0.39, 0.29) is 0 Å². The van der Waals surface area contributed by atoms with Crippen molar-refractivity contribution in [1.29, 1.82) is 0 Å². The van der Waals surface area contributed by atoms with Crippen molar-refractivity contribution in [3.8, 4) is 0 Å². The summed E-state index contributed by atoms with van der Waals surface area (Å²) in [7, 11) is -38.7. The van der Waals surface area contributed by atoms with E-state index in [2.05, 4.69) is 0 Å². The van der Waals surface area contributed by atoms with Gasteiger partial charge < -0.3 is 11.5 Å². The van der Waals surface area contributed by atoms with E-state index in [9.17, 15) is 77.8 Å². The number of hydrogen-bond acceptors (Lipinski definition) is 14. The molecule has 10 N–H and O–H groups in total. The van der Waals surface area contributed by atoms with Gasteiger partial charge in [-0.2, -0.15) is 50.5 Å². The number of rotatable bonds is 8. The molecule has 0 aromatic heterocycles. The summed E-state index contributed by atoms with van der Waals surface area (Å²) in [5.74, 6) is 0. The summed E-state index contributed by atoms with van der Waals surface area (Å²) in [4.78, 5) is -15.8. The summed E-state index contributed by atoms with van der Waals surface area (Å²) in [5.41, 5.74) is 4.28. The van der Waals surface area contributed by atoms with Gasteiger partial charge in [0.2, 0.25) is 0 Å². The van der Waals surface area contributed by atoms with E-state index >= 15 is 0 Å². The number of benzene rings is 2. The first-order valence-electron chi connectivity index (χ1n) is 8.97. The Balaban J connectivity index is 3.89. The van der Waals surface area contributed by atoms with Crippen LogP contribution >= 0.6 is 0 Å². The van der Waals surface area contributed by atoms with Crippen molar-refractivity contribution in [2.24, 2.45) is 0 Å². The molecule has 0 aliphatic heterocycles. The predicted molar refractivity (Wildman–Crippen MR) is 131 cm³/mol. The van der Waals surface area contributed by atoms with Gasteiger partial charge in [0.05, 0.1) is 5.69 Å². The van der Waals surface area contributed by atoms with E-state index < -0.39 is 113 Å². The van der Waals surface area contributed by atoms with Gasteiger partial charge in [-0.25, -0.2) is 0 Å². The maximum absolute atomic E-state index is 12.5. The minimum atomic E-state index is -6.61. The lowest BCUT2D eigenvalue weighted by atomic mass is 10.1. The van der Waals surface area contributed by atoms with Crippen LogP contribution in [0.15, 0.2) is 43.8 Å². The molecular formula is C14H14N2O18S6. The molecule has 20 nitrogen and oxygen atoms in total. The zero-order chi connectivity index (χ0) is 31.6. The summed E-state index contributed by atoms with van der Waals surface area (Å²) in [6.07, 6.45) is 0. The molecule has 2 rings (SSSR count). The van der Waals surface area contributed by atoms with Gasteiger partial charge in [0.15, 0.2) is 0 Å². The second kappa shape index (κ2) is 9.95. The first-order valence-corrected chi connectivity index (χ1v) is 17.6. The maximum Gasteiger partial charge on any atom is 0.298 e. The highest BCUT2D eigenvalue weighted by Gasteiger charge is 2.46. The van der Waals surface area contributed by atoms with Crippen molar-refractivity contribution >= 4 is 81.9 Å². The molecule has 0 atom stereocenters. The molecule has 0 amide bonds. The molecular weight excluding hydrogens is 677 g/mol. The molecule has 0 spiro atoms. The molecule has 0 aliphatic rings. The van der Waals surface area contributed by atoms with E-state index in [0.717, 1.165) is 18.2 Å². The van der Waals surface area contributed by atoms with Crippen LogP contribution in [0.25, 0.3) is 9.81 Å². The maximum atomic E-state index is 12.5. The van der Waals surface area contributed by atoms with Crippen LogP contribution in [-0.2, 0) is 60.7 Å². The number of hydrogen-bond donors (Lipinski definition) is 8. The zero-order valence-electron chi connectivity index (χ0n) is 18.5. The van der Waals surface area contributed by atoms with Crippen molar-refractivity contribution in [1.82, 2.24) is 0 Å². The summed E-state index contributed by atoms with van der Waals surface area (Å²) >= 11 is 0. The lowest BCUT2D eigenvalue weighted by Gasteiger charge is -2.22. The number of nitrogen functional groups attached to an aromatic ring is 2. The van der Waals surface area contributed by atoms with Gasteiger partial charge in [-0.05, 0) is 6.07 Å². The van der Waals surface area contributed by atoms with E-state index in [1.54, 1.807) is 0 Å². The summed E-state index contributed by atoms with van der Waals surface area (Å²) in [6.45, 7) is 0. The Kier molecular flexibility index (Phi) is 8.32. The molecule has 26 heteroatoms. The Hall–Kier alpha value is -2.76. The molecule has 0 bridgehead atoms. The van der Waals surface area contributed by atoms with Gasteiger partial charge in [0.25, 0.3) is 60.7 Å². The molecule has 2 aromatic rings. The Bertz CT molecular complexity index is 2150. The topological polar surface area (TPSA) is 378 Å². The van der Waals surface area contributed by atoms with Gasteiger partial charge >= 0.3 is 0 Å². The largest absolute Gasteiger partial charge is 0.398 e. The SMILES string of the molecule is Nc1ccccc1C(=C(c1c(N)c(S(=O)(=O)O)c(S(=O)(=O)O)c(S(=O)(=O)O)c1S(=O)(=O)O)S(=O)(=O)O)S(=O)(=O)O. The molecule has 0 unspecified atom stereocenters. The van der Waals surface area contributed by atoms with Gasteiger partial charge in [-0.1, -0.05) is 18.2 Å². The highest BCUT2D eigenvalue weighted by Crippen LogP contribution is 2.48. The van der Waals surface area contributed by atoms with Crippen LogP contribution in [0.2, 0.25) is 0 Å². The number of anilines is 2. The van der Waals surface area contributed by atoms with Crippen LogP contribution in [-0.4, -0.2) is 77.8 Å². The molecule has 0 heterocycles. The first-order chi connectivity index (χ1) is 17.5. The molecule has 0 aliphatic carbocycles. The lowest BCUT2D eigenvalue weighted by Crippen LogP contribution is -2.24. The Morgan fingerprint density at radius 1 is 0.500 bits per heavy atom. The highest BCUT2D eigenvalue weighted by molar-refractivity contribution is 8.01. The van der Waals surface area contributed by atoms with Crippen LogP contribution in [0, 0.1) is 0 Å². The standard InChI is InChI=1S/C14H14N2O18S6/c15-6-4-2-1-3-5(6)9(35(17,18)19)10(36(20,21)22)7-8(16)12(38(26,27)28)14(40(32,33)34)13(39(29,30)31)11(7)37(23,24)25/h1-4H,15-16H2,(H,17,18,19)(H,20,21,22)(H,23,24,25)(H,26,27,28)(H,29,30,31)(H,32,33,34). The smallest absolute Gasteiger partial charge is 0.298 e. The molecule has 0 fully saturated rings. The third-order valence-electron chi connectivity index (χ3n) is 4.55. The van der Waals surface area contributed by atoms with Crippen molar-refractivity contribution in [2.45, 2.75) is 19.6 Å². The molecule has 40 heavy (non-hydrogen) atoms. The minimum Gasteiger partial charge on any atom is -0.398 e. The molecule has 2 aromatic carbocycles. The van der Waals surface area contributed by atoms with E-state index in [0.29, 0.717) is 6.07 Å². The molecule has 0 saturated carbocycles. The van der Waals surface area contributed by atoms with Gasteiger partial charge in [0.1, 0.15) is 29.4 Å². The Morgan fingerprint density at radius 3 is 1.18 bits per heavy atom. The van der Waals surface area contributed by atoms with Crippen LogP contribution < -0.4 is 11.5 Å².